The Kier molecular flexibility index (Phi) is 8.82. The summed E-state index contributed by atoms with van der Waals surface area (Å²) in [7, 11) is 0. The van der Waals surface area contributed by atoms with Gasteiger partial charge in [0.05, 0.1) is 0 Å². The van der Waals surface area contributed by atoms with E-state index in [0.29, 0.717) is 0 Å². The van der Waals surface area contributed by atoms with E-state index in [1.807, 2.05) is 13.8 Å². The third-order valence-corrected chi connectivity index (χ3v) is 8.72. The van der Waals surface area contributed by atoms with Crippen molar-refractivity contribution in [2.75, 3.05) is 13.2 Å². The zero-order valence-corrected chi connectivity index (χ0v) is 18.5. The Hall–Kier alpha value is -1.85. The van der Waals surface area contributed by atoms with Gasteiger partial charge in [-0.2, -0.15) is 0 Å². The Labute approximate surface area is 169 Å². The van der Waals surface area contributed by atoms with Crippen LogP contribution in [0, 0.1) is 20.8 Å². The lowest BCUT2D eigenvalue weighted by Gasteiger charge is -2.19. The summed E-state index contributed by atoms with van der Waals surface area (Å²) in [4.78, 5) is 0. The predicted molar refractivity (Wildman–Crippen MR) is 120 cm³/mol. The highest BCUT2D eigenvalue weighted by atomic mass is 27.2. The molecule has 0 saturated heterocycles. The molecule has 0 aliphatic rings. The maximum Gasteiger partial charge on any atom is 0.384 e. The molecule has 3 aromatic rings. The minimum Gasteiger partial charge on any atom is -0.382 e. The van der Waals surface area contributed by atoms with Crippen molar-refractivity contribution in [3.63, 3.8) is 0 Å². The number of hydrogen-bond acceptors (Lipinski definition) is 1. The summed E-state index contributed by atoms with van der Waals surface area (Å²) >= 11 is -1.43. The molecule has 0 aliphatic carbocycles. The van der Waals surface area contributed by atoms with Crippen LogP contribution in [-0.2, 0) is 4.74 Å². The number of benzene rings is 3. The zero-order valence-electron chi connectivity index (χ0n) is 17.3. The number of rotatable bonds is 5. The molecule has 0 saturated carbocycles. The zero-order chi connectivity index (χ0) is 19.6. The van der Waals surface area contributed by atoms with Crippen LogP contribution in [0.3, 0.4) is 0 Å². The van der Waals surface area contributed by atoms with E-state index in [2.05, 4.69) is 93.6 Å². The lowest BCUT2D eigenvalue weighted by atomic mass is 10.2. The van der Waals surface area contributed by atoms with E-state index in [-0.39, 0.29) is 0 Å². The molecule has 0 heterocycles. The molecule has 3 rings (SSSR count). The van der Waals surface area contributed by atoms with Crippen LogP contribution in [0.15, 0.2) is 72.8 Å². The smallest absolute Gasteiger partial charge is 0.382 e. The van der Waals surface area contributed by atoms with Gasteiger partial charge in [-0.05, 0) is 34.6 Å². The summed E-state index contributed by atoms with van der Waals surface area (Å²) in [6.45, 7) is 12.4. The Morgan fingerprint density at radius 3 is 1.07 bits per heavy atom. The van der Waals surface area contributed by atoms with E-state index in [1.54, 1.807) is 0 Å². The molecule has 1 nitrogen and oxygen atoms in total. The van der Waals surface area contributed by atoms with E-state index in [1.165, 1.54) is 30.0 Å². The second-order valence-electron chi connectivity index (χ2n) is 6.78. The summed E-state index contributed by atoms with van der Waals surface area (Å²) in [6.07, 6.45) is 0. The predicted octanol–water partition coefficient (Wildman–Crippen LogP) is 4.17. The van der Waals surface area contributed by atoms with Crippen LogP contribution in [0.5, 0.6) is 0 Å². The highest BCUT2D eigenvalue weighted by Crippen LogP contribution is 2.05. The molecule has 27 heavy (non-hydrogen) atoms. The first-order valence-electron chi connectivity index (χ1n) is 9.84. The molecule has 0 amide bonds. The lowest BCUT2D eigenvalue weighted by molar-refractivity contribution is 0.162. The summed E-state index contributed by atoms with van der Waals surface area (Å²) in [6, 6.07) is 26.7. The molecule has 0 spiro atoms. The van der Waals surface area contributed by atoms with Gasteiger partial charge in [0.1, 0.15) is 0 Å². The van der Waals surface area contributed by atoms with Crippen LogP contribution < -0.4 is 13.3 Å². The van der Waals surface area contributed by atoms with Gasteiger partial charge in [-0.1, -0.05) is 103 Å². The molecule has 0 aliphatic heterocycles. The van der Waals surface area contributed by atoms with Crippen LogP contribution in [0.25, 0.3) is 0 Å². The van der Waals surface area contributed by atoms with Gasteiger partial charge in [-0.25, -0.2) is 0 Å². The highest BCUT2D eigenvalue weighted by molar-refractivity contribution is 6.96. The minimum absolute atomic E-state index is 0.844. The first kappa shape index (κ1) is 21.5. The number of ether oxygens (including phenoxy) is 1. The largest absolute Gasteiger partial charge is 0.384 e. The topological polar surface area (TPSA) is 9.23 Å². The van der Waals surface area contributed by atoms with Crippen LogP contribution in [0.4, 0.5) is 0 Å². The summed E-state index contributed by atoms with van der Waals surface area (Å²) in [5, 5.41) is 0. The molecule has 0 fully saturated rings. The third kappa shape index (κ3) is 5.81. The first-order valence-corrected chi connectivity index (χ1v) is 11.6. The highest BCUT2D eigenvalue weighted by Gasteiger charge is 2.28. The quantitative estimate of drug-likeness (QED) is 0.609. The van der Waals surface area contributed by atoms with Crippen molar-refractivity contribution < 1.29 is 4.74 Å². The van der Waals surface area contributed by atoms with Crippen molar-refractivity contribution in [1.29, 1.82) is 0 Å². The lowest BCUT2D eigenvalue weighted by Crippen LogP contribution is -2.54. The number of aryl methyl sites for hydroxylation is 3. The Morgan fingerprint density at radius 2 is 0.852 bits per heavy atom. The van der Waals surface area contributed by atoms with Crippen LogP contribution in [0.2, 0.25) is 0 Å². The van der Waals surface area contributed by atoms with Gasteiger partial charge in [0.2, 0.25) is 0 Å². The molecule has 0 unspecified atom stereocenters. The van der Waals surface area contributed by atoms with Gasteiger partial charge in [-0.3, -0.25) is 0 Å². The summed E-state index contributed by atoms with van der Waals surface area (Å²) in [5.74, 6) is 0. The average Bonchev–Trinajstić information content (AvgIpc) is 2.67. The van der Waals surface area contributed by atoms with Crippen molar-refractivity contribution in [3.05, 3.63) is 89.5 Å². The Morgan fingerprint density at radius 1 is 0.556 bits per heavy atom. The molecular formula is C25H31AlO. The average molecular weight is 375 g/mol. The fourth-order valence-electron chi connectivity index (χ4n) is 3.44. The monoisotopic (exact) mass is 374 g/mol. The minimum atomic E-state index is -1.43. The van der Waals surface area contributed by atoms with Crippen LogP contribution >= 0.6 is 0 Å². The number of hydrogen-bond donors (Lipinski definition) is 0. The Balaban J connectivity index is 0.000000465. The second-order valence-corrected chi connectivity index (χ2v) is 9.52. The molecule has 0 bridgehead atoms. The molecule has 0 N–H and O–H groups in total. The molecule has 0 aromatic heterocycles. The van der Waals surface area contributed by atoms with Gasteiger partial charge in [0.25, 0.3) is 0 Å². The summed E-state index contributed by atoms with van der Waals surface area (Å²) in [5.41, 5.74) is 4.22. The standard InChI is InChI=1S/3C7H7.C4H10O.Al/c3*1-7-5-3-2-4-6-7;1-3-5-4-2;/h3*2-5H,1H3;3-4H2,1-2H3;. The van der Waals surface area contributed by atoms with Crippen molar-refractivity contribution in [1.82, 2.24) is 0 Å². The maximum atomic E-state index is 4.83. The summed E-state index contributed by atoms with van der Waals surface area (Å²) < 4.78 is 9.43. The van der Waals surface area contributed by atoms with E-state index >= 15 is 0 Å². The molecule has 0 radical (unpaired) electrons. The van der Waals surface area contributed by atoms with Crippen molar-refractivity contribution in [2.45, 2.75) is 34.6 Å². The van der Waals surface area contributed by atoms with Gasteiger partial charge in [-0.15, -0.1) is 0 Å². The van der Waals surface area contributed by atoms with Gasteiger partial charge in [0.15, 0.2) is 0 Å². The SMILES string of the molecule is CCOCC.Cc1cccc[c]1[Al]([c]1ccccc1C)[c]1ccccc1C. The third-order valence-electron chi connectivity index (χ3n) is 4.91. The van der Waals surface area contributed by atoms with Crippen molar-refractivity contribution in [3.8, 4) is 0 Å². The fourth-order valence-corrected chi connectivity index (χ4v) is 7.01. The van der Waals surface area contributed by atoms with Crippen molar-refractivity contribution in [2.24, 2.45) is 0 Å². The van der Waals surface area contributed by atoms with E-state index in [0.717, 1.165) is 13.2 Å². The molecular weight excluding hydrogens is 343 g/mol. The molecule has 140 valence electrons. The van der Waals surface area contributed by atoms with E-state index < -0.39 is 14.1 Å². The fraction of sp³-hybridized carbons (Fsp3) is 0.280. The first-order chi connectivity index (χ1) is 13.1. The van der Waals surface area contributed by atoms with E-state index in [9.17, 15) is 0 Å². The van der Waals surface area contributed by atoms with Gasteiger partial charge in [0, 0.05) is 13.2 Å². The van der Waals surface area contributed by atoms with Gasteiger partial charge < -0.3 is 4.74 Å². The van der Waals surface area contributed by atoms with E-state index in [4.69, 9.17) is 4.74 Å². The Bertz CT molecular complexity index is 731. The molecule has 2 heteroatoms. The van der Waals surface area contributed by atoms with Gasteiger partial charge >= 0.3 is 14.1 Å². The molecule has 3 aromatic carbocycles. The maximum absolute atomic E-state index is 4.83. The van der Waals surface area contributed by atoms with Crippen LogP contribution in [-0.4, -0.2) is 27.4 Å². The normalized spacial score (nSPS) is 10.1. The second kappa shape index (κ2) is 11.1. The van der Waals surface area contributed by atoms with Crippen LogP contribution in [0.1, 0.15) is 30.5 Å². The van der Waals surface area contributed by atoms with Crippen molar-refractivity contribution >= 4 is 27.4 Å². The molecule has 0 atom stereocenters.